The minimum atomic E-state index is -1.11. The second-order valence-electron chi connectivity index (χ2n) is 4.77. The molecule has 0 aliphatic rings. The van der Waals surface area contributed by atoms with Crippen LogP contribution < -0.4 is 5.32 Å². The summed E-state index contributed by atoms with van der Waals surface area (Å²) >= 11 is 5.83. The molecule has 1 aromatic carbocycles. The second-order valence-corrected chi connectivity index (χ2v) is 5.11. The van der Waals surface area contributed by atoms with Gasteiger partial charge in [0.2, 0.25) is 11.1 Å². The van der Waals surface area contributed by atoms with Crippen molar-refractivity contribution >= 4 is 23.5 Å². The predicted octanol–water partition coefficient (Wildman–Crippen LogP) is 2.51. The smallest absolute Gasteiger partial charge is 0.330 e. The molecule has 22 heavy (non-hydrogen) atoms. The molecule has 2 aromatic rings. The van der Waals surface area contributed by atoms with Gasteiger partial charge in [0.05, 0.1) is 5.69 Å². The highest BCUT2D eigenvalue weighted by molar-refractivity contribution is 6.29. The van der Waals surface area contributed by atoms with E-state index in [1.54, 1.807) is 37.3 Å². The Morgan fingerprint density at radius 2 is 2.05 bits per heavy atom. The summed E-state index contributed by atoms with van der Waals surface area (Å²) < 4.78 is 4.81. The number of nitrogens with zero attached hydrogens (tertiary/aromatic N) is 1. The van der Waals surface area contributed by atoms with Crippen molar-refractivity contribution in [3.63, 3.8) is 0 Å². The van der Waals surface area contributed by atoms with Crippen molar-refractivity contribution in [2.24, 2.45) is 0 Å². The van der Waals surface area contributed by atoms with Crippen LogP contribution in [0.4, 0.5) is 0 Å². The van der Waals surface area contributed by atoms with Gasteiger partial charge < -0.3 is 14.9 Å². The summed E-state index contributed by atoms with van der Waals surface area (Å²) in [5, 5.41) is 15.6. The third-order valence-electron chi connectivity index (χ3n) is 3.22. The van der Waals surface area contributed by atoms with E-state index in [2.05, 4.69) is 10.5 Å². The van der Waals surface area contributed by atoms with Crippen LogP contribution in [-0.2, 0) is 16.0 Å². The van der Waals surface area contributed by atoms with Gasteiger partial charge in [0.15, 0.2) is 6.04 Å². The maximum absolute atomic E-state index is 12.0. The van der Waals surface area contributed by atoms with Crippen LogP contribution in [0.15, 0.2) is 34.9 Å². The molecule has 0 aliphatic heterocycles. The van der Waals surface area contributed by atoms with Crippen molar-refractivity contribution < 1.29 is 19.2 Å². The molecule has 2 rings (SSSR count). The van der Waals surface area contributed by atoms with E-state index in [0.717, 1.165) is 0 Å². The molecule has 6 nitrogen and oxygen atoms in total. The first-order valence-corrected chi connectivity index (χ1v) is 7.04. The van der Waals surface area contributed by atoms with E-state index in [1.807, 2.05) is 0 Å². The van der Waals surface area contributed by atoms with E-state index in [9.17, 15) is 14.7 Å². The van der Waals surface area contributed by atoms with E-state index in [0.29, 0.717) is 23.2 Å². The van der Waals surface area contributed by atoms with Crippen LogP contribution in [0.2, 0.25) is 5.22 Å². The van der Waals surface area contributed by atoms with Crippen LogP contribution in [0.3, 0.4) is 0 Å². The van der Waals surface area contributed by atoms with Crippen molar-refractivity contribution in [1.29, 1.82) is 0 Å². The zero-order valence-electron chi connectivity index (χ0n) is 11.9. The number of carboxylic acids is 1. The summed E-state index contributed by atoms with van der Waals surface area (Å²) in [5.41, 5.74) is 1.79. The highest BCUT2D eigenvalue weighted by Gasteiger charge is 2.22. The molecule has 116 valence electrons. The fraction of sp³-hybridized carbons (Fsp3) is 0.267. The lowest BCUT2D eigenvalue weighted by Crippen LogP contribution is -2.33. The van der Waals surface area contributed by atoms with Crippen LogP contribution in [0.1, 0.15) is 29.3 Å². The van der Waals surface area contributed by atoms with Gasteiger partial charge in [-0.05, 0) is 30.5 Å². The Bertz CT molecular complexity index is 650. The van der Waals surface area contributed by atoms with Crippen molar-refractivity contribution in [3.8, 4) is 0 Å². The Labute approximate surface area is 132 Å². The normalized spacial score (nSPS) is 11.9. The minimum Gasteiger partial charge on any atom is -0.479 e. The van der Waals surface area contributed by atoms with Crippen LogP contribution >= 0.6 is 11.6 Å². The van der Waals surface area contributed by atoms with Gasteiger partial charge >= 0.3 is 5.97 Å². The van der Waals surface area contributed by atoms with E-state index in [4.69, 9.17) is 16.1 Å². The SMILES string of the molecule is Cc1noc(Cl)c1CCC(=O)N[C@H](C(=O)O)c1ccccc1. The van der Waals surface area contributed by atoms with Crippen molar-refractivity contribution in [3.05, 3.63) is 52.4 Å². The quantitative estimate of drug-likeness (QED) is 0.852. The molecule has 0 spiro atoms. The summed E-state index contributed by atoms with van der Waals surface area (Å²) in [4.78, 5) is 23.3. The zero-order chi connectivity index (χ0) is 16.1. The second kappa shape index (κ2) is 7.09. The number of nitrogens with one attached hydrogen (secondary N) is 1. The molecule has 0 fully saturated rings. The van der Waals surface area contributed by atoms with Gasteiger partial charge in [-0.3, -0.25) is 4.79 Å². The Kier molecular flexibility index (Phi) is 5.16. The average Bonchev–Trinajstić information content (AvgIpc) is 2.82. The number of carbonyl (C=O) groups excluding carboxylic acids is 1. The molecule has 0 aliphatic carbocycles. The topological polar surface area (TPSA) is 92.4 Å². The van der Waals surface area contributed by atoms with E-state index >= 15 is 0 Å². The molecule has 7 heteroatoms. The molecular weight excluding hydrogens is 308 g/mol. The van der Waals surface area contributed by atoms with Crippen LogP contribution in [0.5, 0.6) is 0 Å². The van der Waals surface area contributed by atoms with E-state index < -0.39 is 12.0 Å². The molecule has 0 bridgehead atoms. The largest absolute Gasteiger partial charge is 0.479 e. The molecule has 0 saturated heterocycles. The Hall–Kier alpha value is -2.34. The number of benzene rings is 1. The number of aryl methyl sites for hydroxylation is 1. The Morgan fingerprint density at radius 1 is 1.36 bits per heavy atom. The number of hydrogen-bond acceptors (Lipinski definition) is 4. The van der Waals surface area contributed by atoms with Crippen molar-refractivity contribution in [2.45, 2.75) is 25.8 Å². The molecule has 0 radical (unpaired) electrons. The molecule has 1 amide bonds. The van der Waals surface area contributed by atoms with Gasteiger partial charge in [0.1, 0.15) is 0 Å². The number of aromatic nitrogens is 1. The Morgan fingerprint density at radius 3 is 2.59 bits per heavy atom. The summed E-state index contributed by atoms with van der Waals surface area (Å²) in [7, 11) is 0. The molecule has 0 unspecified atom stereocenters. The molecule has 2 N–H and O–H groups in total. The molecule has 1 atom stereocenters. The fourth-order valence-electron chi connectivity index (χ4n) is 2.04. The number of aliphatic carboxylic acids is 1. The lowest BCUT2D eigenvalue weighted by Gasteiger charge is -2.14. The lowest BCUT2D eigenvalue weighted by atomic mass is 10.1. The van der Waals surface area contributed by atoms with Crippen molar-refractivity contribution in [1.82, 2.24) is 10.5 Å². The first-order chi connectivity index (χ1) is 10.5. The third kappa shape index (κ3) is 3.85. The standard InChI is InChI=1S/C15H15ClN2O4/c1-9-11(14(16)22-18-9)7-8-12(19)17-13(15(20)21)10-5-3-2-4-6-10/h2-6,13H,7-8H2,1H3,(H,17,19)(H,20,21)/t13-/m0/s1. The van der Waals surface area contributed by atoms with Gasteiger partial charge in [-0.15, -0.1) is 0 Å². The molecular formula is C15H15ClN2O4. The highest BCUT2D eigenvalue weighted by Crippen LogP contribution is 2.20. The maximum atomic E-state index is 12.0. The number of carboxylic acid groups (broad SMARTS) is 1. The minimum absolute atomic E-state index is 0.0956. The first kappa shape index (κ1) is 16.0. The van der Waals surface area contributed by atoms with Gasteiger partial charge in [-0.1, -0.05) is 35.5 Å². The molecule has 1 heterocycles. The molecule has 1 aromatic heterocycles. The van der Waals surface area contributed by atoms with Gasteiger partial charge in [-0.2, -0.15) is 0 Å². The Balaban J connectivity index is 1.99. The number of rotatable bonds is 6. The average molecular weight is 323 g/mol. The van der Waals surface area contributed by atoms with Crippen LogP contribution in [0.25, 0.3) is 0 Å². The fourth-order valence-corrected chi connectivity index (χ4v) is 2.31. The first-order valence-electron chi connectivity index (χ1n) is 6.66. The van der Waals surface area contributed by atoms with Gasteiger partial charge in [0, 0.05) is 12.0 Å². The van der Waals surface area contributed by atoms with Gasteiger partial charge in [-0.25, -0.2) is 4.79 Å². The van der Waals surface area contributed by atoms with Crippen LogP contribution in [0, 0.1) is 6.92 Å². The summed E-state index contributed by atoms with van der Waals surface area (Å²) in [6, 6.07) is 7.45. The monoisotopic (exact) mass is 322 g/mol. The number of carbonyl (C=O) groups is 2. The summed E-state index contributed by atoms with van der Waals surface area (Å²) in [5.74, 6) is -1.49. The van der Waals surface area contributed by atoms with Crippen LogP contribution in [-0.4, -0.2) is 22.1 Å². The maximum Gasteiger partial charge on any atom is 0.330 e. The van der Waals surface area contributed by atoms with E-state index in [1.165, 1.54) is 0 Å². The van der Waals surface area contributed by atoms with E-state index in [-0.39, 0.29) is 17.5 Å². The summed E-state index contributed by atoms with van der Waals surface area (Å²) in [6.07, 6.45) is 0.430. The lowest BCUT2D eigenvalue weighted by molar-refractivity contribution is -0.142. The number of amides is 1. The molecule has 0 saturated carbocycles. The number of halogens is 1. The summed E-state index contributed by atoms with van der Waals surface area (Å²) in [6.45, 7) is 1.73. The predicted molar refractivity (Wildman–Crippen MR) is 79.5 cm³/mol. The number of hydrogen-bond donors (Lipinski definition) is 2. The third-order valence-corrected chi connectivity index (χ3v) is 3.52. The van der Waals surface area contributed by atoms with Gasteiger partial charge in [0.25, 0.3) is 0 Å². The highest BCUT2D eigenvalue weighted by atomic mass is 35.5. The van der Waals surface area contributed by atoms with Crippen molar-refractivity contribution in [2.75, 3.05) is 0 Å². The zero-order valence-corrected chi connectivity index (χ0v) is 12.6.